The Bertz CT molecular complexity index is 377. The second-order valence-corrected chi connectivity index (χ2v) is 6.27. The Morgan fingerprint density at radius 1 is 0.905 bits per heavy atom. The summed E-state index contributed by atoms with van der Waals surface area (Å²) in [7, 11) is 1.66. The lowest BCUT2D eigenvalue weighted by atomic mass is 9.79. The minimum Gasteiger partial charge on any atom is -0.494 e. The van der Waals surface area contributed by atoms with Gasteiger partial charge in [-0.1, -0.05) is 65.7 Å². The first-order chi connectivity index (χ1) is 10.2. The van der Waals surface area contributed by atoms with Crippen LogP contribution in [0, 0.1) is 0 Å². The summed E-state index contributed by atoms with van der Waals surface area (Å²) in [5.41, 5.74) is 0.106. The van der Waals surface area contributed by atoms with Crippen LogP contribution in [0.3, 0.4) is 0 Å². The SMILES string of the molecule is CCCCCCC(C)(CCCCC)c1ncc(OC)cn1. The predicted molar refractivity (Wildman–Crippen MR) is 88.8 cm³/mol. The van der Waals surface area contributed by atoms with Crippen LogP contribution in [0.15, 0.2) is 12.4 Å². The van der Waals surface area contributed by atoms with E-state index in [1.165, 1.54) is 57.8 Å². The highest BCUT2D eigenvalue weighted by Gasteiger charge is 2.28. The molecule has 1 aromatic rings. The van der Waals surface area contributed by atoms with E-state index in [9.17, 15) is 0 Å². The van der Waals surface area contributed by atoms with E-state index >= 15 is 0 Å². The number of unbranched alkanes of at least 4 members (excludes halogenated alkanes) is 5. The summed E-state index contributed by atoms with van der Waals surface area (Å²) in [5, 5.41) is 0. The highest BCUT2D eigenvalue weighted by atomic mass is 16.5. The van der Waals surface area contributed by atoms with Gasteiger partial charge in [0.05, 0.1) is 19.5 Å². The smallest absolute Gasteiger partial charge is 0.155 e. The summed E-state index contributed by atoms with van der Waals surface area (Å²) in [5.74, 6) is 1.72. The fourth-order valence-electron chi connectivity index (χ4n) is 2.79. The number of rotatable bonds is 11. The van der Waals surface area contributed by atoms with Gasteiger partial charge in [0, 0.05) is 5.41 Å². The van der Waals surface area contributed by atoms with Crippen LogP contribution in [0.4, 0.5) is 0 Å². The summed E-state index contributed by atoms with van der Waals surface area (Å²) in [6, 6.07) is 0. The Hall–Kier alpha value is -1.12. The third-order valence-electron chi connectivity index (χ3n) is 4.32. The van der Waals surface area contributed by atoms with Crippen molar-refractivity contribution in [2.24, 2.45) is 0 Å². The summed E-state index contributed by atoms with van der Waals surface area (Å²) < 4.78 is 5.17. The van der Waals surface area contributed by atoms with Crippen molar-refractivity contribution in [2.45, 2.75) is 84.0 Å². The van der Waals surface area contributed by atoms with Crippen molar-refractivity contribution in [3.05, 3.63) is 18.2 Å². The van der Waals surface area contributed by atoms with Gasteiger partial charge < -0.3 is 4.74 Å². The largest absolute Gasteiger partial charge is 0.494 e. The fourth-order valence-corrected chi connectivity index (χ4v) is 2.79. The molecule has 1 aromatic heterocycles. The van der Waals surface area contributed by atoms with Gasteiger partial charge in [-0.3, -0.25) is 0 Å². The molecule has 1 heterocycles. The number of methoxy groups -OCH3 is 1. The fraction of sp³-hybridized carbons (Fsp3) is 0.778. The minimum absolute atomic E-state index is 0.106. The molecule has 120 valence electrons. The van der Waals surface area contributed by atoms with Crippen molar-refractivity contribution in [2.75, 3.05) is 7.11 Å². The molecule has 21 heavy (non-hydrogen) atoms. The van der Waals surface area contributed by atoms with E-state index in [0.717, 1.165) is 11.6 Å². The molecule has 0 aliphatic rings. The molecular weight excluding hydrogens is 260 g/mol. The van der Waals surface area contributed by atoms with Crippen LogP contribution in [0.5, 0.6) is 5.75 Å². The zero-order valence-electron chi connectivity index (χ0n) is 14.3. The summed E-state index contributed by atoms with van der Waals surface area (Å²) in [6.45, 7) is 6.84. The molecule has 3 nitrogen and oxygen atoms in total. The molecule has 0 spiro atoms. The van der Waals surface area contributed by atoms with Gasteiger partial charge in [0.25, 0.3) is 0 Å². The van der Waals surface area contributed by atoms with Gasteiger partial charge >= 0.3 is 0 Å². The first-order valence-electron chi connectivity index (χ1n) is 8.52. The van der Waals surface area contributed by atoms with Crippen molar-refractivity contribution >= 4 is 0 Å². The van der Waals surface area contributed by atoms with Gasteiger partial charge in [0.15, 0.2) is 5.75 Å². The summed E-state index contributed by atoms with van der Waals surface area (Å²) in [4.78, 5) is 9.13. The third kappa shape index (κ3) is 6.03. The molecule has 0 amide bonds. The molecule has 1 atom stereocenters. The van der Waals surface area contributed by atoms with Crippen LogP contribution >= 0.6 is 0 Å². The molecule has 0 saturated carbocycles. The normalized spacial score (nSPS) is 13.9. The highest BCUT2D eigenvalue weighted by Crippen LogP contribution is 2.33. The van der Waals surface area contributed by atoms with E-state index in [0.29, 0.717) is 0 Å². The number of nitrogens with zero attached hydrogens (tertiary/aromatic N) is 2. The van der Waals surface area contributed by atoms with E-state index in [1.807, 2.05) is 0 Å². The maximum atomic E-state index is 5.17. The lowest BCUT2D eigenvalue weighted by Crippen LogP contribution is -2.25. The number of hydrogen-bond donors (Lipinski definition) is 0. The molecule has 0 fully saturated rings. The Labute approximate surface area is 130 Å². The molecule has 0 aliphatic heterocycles. The highest BCUT2D eigenvalue weighted by molar-refractivity contribution is 5.15. The van der Waals surface area contributed by atoms with Crippen LogP contribution in [0.2, 0.25) is 0 Å². The van der Waals surface area contributed by atoms with Gasteiger partial charge in [0.1, 0.15) is 5.82 Å². The van der Waals surface area contributed by atoms with Crippen LogP contribution in [0.1, 0.15) is 84.4 Å². The molecule has 0 bridgehead atoms. The third-order valence-corrected chi connectivity index (χ3v) is 4.32. The van der Waals surface area contributed by atoms with Gasteiger partial charge in [-0.05, 0) is 12.8 Å². The molecule has 3 heteroatoms. The van der Waals surface area contributed by atoms with Gasteiger partial charge in [-0.25, -0.2) is 9.97 Å². The summed E-state index contributed by atoms with van der Waals surface area (Å²) >= 11 is 0. The second kappa shape index (κ2) is 9.75. The number of hydrogen-bond acceptors (Lipinski definition) is 3. The Balaban J connectivity index is 2.72. The van der Waals surface area contributed by atoms with E-state index in [1.54, 1.807) is 19.5 Å². The Kier molecular flexibility index (Phi) is 8.33. The molecule has 0 aromatic carbocycles. The summed E-state index contributed by atoms with van der Waals surface area (Å²) in [6.07, 6.45) is 15.0. The van der Waals surface area contributed by atoms with E-state index in [-0.39, 0.29) is 5.41 Å². The monoisotopic (exact) mass is 292 g/mol. The predicted octanol–water partition coefficient (Wildman–Crippen LogP) is 5.29. The van der Waals surface area contributed by atoms with Crippen molar-refractivity contribution in [3.63, 3.8) is 0 Å². The van der Waals surface area contributed by atoms with Gasteiger partial charge in [-0.15, -0.1) is 0 Å². The topological polar surface area (TPSA) is 35.0 Å². The van der Waals surface area contributed by atoms with Crippen molar-refractivity contribution in [1.29, 1.82) is 0 Å². The maximum Gasteiger partial charge on any atom is 0.155 e. The molecule has 1 unspecified atom stereocenters. The zero-order valence-corrected chi connectivity index (χ0v) is 14.3. The standard InChI is InChI=1S/C18H32N2O/c1-5-7-9-11-13-18(3,12-10-8-6-2)17-19-14-16(21-4)15-20-17/h14-15H,5-13H2,1-4H3. The molecule has 0 radical (unpaired) electrons. The number of ether oxygens (including phenoxy) is 1. The van der Waals surface area contributed by atoms with Crippen molar-refractivity contribution in [1.82, 2.24) is 9.97 Å². The molecule has 0 saturated heterocycles. The maximum absolute atomic E-state index is 5.17. The lowest BCUT2D eigenvalue weighted by molar-refractivity contribution is 0.343. The van der Waals surface area contributed by atoms with Crippen LogP contribution < -0.4 is 4.74 Å². The van der Waals surface area contributed by atoms with E-state index < -0.39 is 0 Å². The molecular formula is C18H32N2O. The minimum atomic E-state index is 0.106. The molecule has 0 aliphatic carbocycles. The van der Waals surface area contributed by atoms with Crippen molar-refractivity contribution in [3.8, 4) is 5.75 Å². The number of aromatic nitrogens is 2. The van der Waals surface area contributed by atoms with E-state index in [4.69, 9.17) is 4.74 Å². The Morgan fingerprint density at radius 3 is 1.95 bits per heavy atom. The van der Waals surface area contributed by atoms with Gasteiger partial charge in [0.2, 0.25) is 0 Å². The van der Waals surface area contributed by atoms with Crippen molar-refractivity contribution < 1.29 is 4.74 Å². The average molecular weight is 292 g/mol. The molecule has 1 rings (SSSR count). The second-order valence-electron chi connectivity index (χ2n) is 6.27. The Morgan fingerprint density at radius 2 is 1.43 bits per heavy atom. The van der Waals surface area contributed by atoms with Crippen LogP contribution in [0.25, 0.3) is 0 Å². The van der Waals surface area contributed by atoms with Crippen LogP contribution in [-0.2, 0) is 5.41 Å². The first-order valence-corrected chi connectivity index (χ1v) is 8.52. The average Bonchev–Trinajstić information content (AvgIpc) is 2.52. The van der Waals surface area contributed by atoms with Crippen LogP contribution in [-0.4, -0.2) is 17.1 Å². The zero-order chi connectivity index (χ0) is 15.6. The van der Waals surface area contributed by atoms with Gasteiger partial charge in [-0.2, -0.15) is 0 Å². The first kappa shape index (κ1) is 17.9. The van der Waals surface area contributed by atoms with E-state index in [2.05, 4.69) is 30.7 Å². The lowest BCUT2D eigenvalue weighted by Gasteiger charge is -2.28. The molecule has 0 N–H and O–H groups in total. The quantitative estimate of drug-likeness (QED) is 0.519.